The summed E-state index contributed by atoms with van der Waals surface area (Å²) < 4.78 is 26.1. The molecule has 0 radical (unpaired) electrons. The van der Waals surface area contributed by atoms with Crippen molar-refractivity contribution in [3.05, 3.63) is 12.7 Å². The van der Waals surface area contributed by atoms with Gasteiger partial charge >= 0.3 is 6.03 Å². The van der Waals surface area contributed by atoms with E-state index in [4.69, 9.17) is 0 Å². The number of urea groups is 1. The van der Waals surface area contributed by atoms with Crippen LogP contribution in [0.4, 0.5) is 4.79 Å². The van der Waals surface area contributed by atoms with Crippen molar-refractivity contribution in [3.63, 3.8) is 0 Å². The molecule has 3 aliphatic carbocycles. The number of Topliss-reactive ketones (excluding diaryl/α,β-unsaturated/α-hetero) is 1. The van der Waals surface area contributed by atoms with Crippen LogP contribution in [0.1, 0.15) is 113 Å². The molecule has 1 heterocycles. The van der Waals surface area contributed by atoms with E-state index in [9.17, 15) is 32.4 Å². The number of nitrogens with zero attached hydrogens (tertiary/aromatic N) is 1. The second kappa shape index (κ2) is 14.6. The van der Waals surface area contributed by atoms with Crippen LogP contribution in [0.3, 0.4) is 0 Å². The molecule has 13 heteroatoms. The Balaban J connectivity index is 1.55. The number of rotatable bonds is 15. The summed E-state index contributed by atoms with van der Waals surface area (Å²) in [6.45, 7) is 18.9. The number of carbonyl (C=O) groups is 5. The van der Waals surface area contributed by atoms with Gasteiger partial charge in [0.15, 0.2) is 9.84 Å². The Morgan fingerprint density at radius 3 is 2.14 bits per heavy atom. The zero-order chi connectivity index (χ0) is 37.4. The van der Waals surface area contributed by atoms with Gasteiger partial charge in [0.2, 0.25) is 17.6 Å². The van der Waals surface area contributed by atoms with Crippen molar-refractivity contribution in [1.82, 2.24) is 26.2 Å². The first-order chi connectivity index (χ1) is 23.1. The van der Waals surface area contributed by atoms with Crippen molar-refractivity contribution in [2.45, 2.75) is 142 Å². The van der Waals surface area contributed by atoms with Gasteiger partial charge in [-0.3, -0.25) is 19.2 Å². The minimum Gasteiger partial charge on any atom is -0.346 e. The predicted octanol–water partition coefficient (Wildman–Crippen LogP) is 3.65. The number of nitrogens with one attached hydrogen (secondary N) is 4. The van der Waals surface area contributed by atoms with E-state index < -0.39 is 73.2 Å². The van der Waals surface area contributed by atoms with E-state index in [2.05, 4.69) is 41.7 Å². The van der Waals surface area contributed by atoms with E-state index in [1.807, 2.05) is 27.7 Å². The molecule has 0 aromatic carbocycles. The maximum Gasteiger partial charge on any atom is 0.315 e. The molecule has 4 fully saturated rings. The topological polar surface area (TPSA) is 171 Å². The van der Waals surface area contributed by atoms with Gasteiger partial charge < -0.3 is 26.2 Å². The Morgan fingerprint density at radius 2 is 1.60 bits per heavy atom. The van der Waals surface area contributed by atoms with Gasteiger partial charge in [-0.1, -0.05) is 79.7 Å². The molecular formula is C37H61N5O7S. The fourth-order valence-electron chi connectivity index (χ4n) is 7.93. The van der Waals surface area contributed by atoms with E-state index in [1.165, 1.54) is 11.0 Å². The third-order valence-corrected chi connectivity index (χ3v) is 14.9. The summed E-state index contributed by atoms with van der Waals surface area (Å²) in [4.78, 5) is 69.7. The molecule has 12 nitrogen and oxygen atoms in total. The summed E-state index contributed by atoms with van der Waals surface area (Å²) in [6, 6.07) is -3.54. The van der Waals surface area contributed by atoms with Gasteiger partial charge in [0, 0.05) is 13.1 Å². The van der Waals surface area contributed by atoms with Crippen LogP contribution in [0.2, 0.25) is 0 Å². The van der Waals surface area contributed by atoms with E-state index in [0.29, 0.717) is 32.2 Å². The number of hydrogen-bond acceptors (Lipinski definition) is 7. The maximum absolute atomic E-state index is 14.5. The van der Waals surface area contributed by atoms with E-state index >= 15 is 0 Å². The number of carbonyl (C=O) groups excluding carboxylic acids is 5. The van der Waals surface area contributed by atoms with Crippen LogP contribution >= 0.6 is 0 Å². The molecular weight excluding hydrogens is 659 g/mol. The summed E-state index contributed by atoms with van der Waals surface area (Å²) >= 11 is 0. The Bertz CT molecular complexity index is 1460. The second-order valence-electron chi connectivity index (χ2n) is 17.6. The molecule has 0 bridgehead atoms. The summed E-state index contributed by atoms with van der Waals surface area (Å²) in [5, 5.41) is 11.3. The van der Waals surface area contributed by atoms with Crippen LogP contribution in [-0.2, 0) is 29.0 Å². The van der Waals surface area contributed by atoms with Crippen molar-refractivity contribution in [1.29, 1.82) is 0 Å². The molecule has 3 unspecified atom stereocenters. The quantitative estimate of drug-likeness (QED) is 0.148. The molecule has 5 amide bonds. The van der Waals surface area contributed by atoms with E-state index in [-0.39, 0.29) is 35.5 Å². The van der Waals surface area contributed by atoms with Gasteiger partial charge in [-0.05, 0) is 68.1 Å². The molecule has 4 N–H and O–H groups in total. The van der Waals surface area contributed by atoms with Crippen LogP contribution in [0.25, 0.3) is 0 Å². The highest BCUT2D eigenvalue weighted by Crippen LogP contribution is 2.65. The molecule has 1 aliphatic heterocycles. The fourth-order valence-corrected chi connectivity index (χ4v) is 9.85. The van der Waals surface area contributed by atoms with Crippen LogP contribution in [0.5, 0.6) is 0 Å². The lowest BCUT2D eigenvalue weighted by atomic mass is 9.83. The van der Waals surface area contributed by atoms with Gasteiger partial charge in [0.25, 0.3) is 5.91 Å². The molecule has 0 aromatic heterocycles. The van der Waals surface area contributed by atoms with Gasteiger partial charge in [-0.25, -0.2) is 13.2 Å². The molecule has 3 saturated carbocycles. The molecule has 0 aromatic rings. The molecule has 5 atom stereocenters. The number of fused-ring (bicyclic) bond motifs is 1. The average molecular weight is 720 g/mol. The number of amides is 5. The van der Waals surface area contributed by atoms with Gasteiger partial charge in [0.05, 0.1) is 22.1 Å². The minimum absolute atomic E-state index is 0.0581. The van der Waals surface area contributed by atoms with Gasteiger partial charge in [0.1, 0.15) is 12.1 Å². The van der Waals surface area contributed by atoms with Crippen LogP contribution < -0.4 is 21.3 Å². The lowest BCUT2D eigenvalue weighted by Crippen LogP contribution is -2.64. The third kappa shape index (κ3) is 8.56. The second-order valence-corrected chi connectivity index (χ2v) is 20.2. The van der Waals surface area contributed by atoms with Crippen molar-refractivity contribution >= 4 is 39.4 Å². The zero-order valence-electron chi connectivity index (χ0n) is 31.4. The molecule has 50 heavy (non-hydrogen) atoms. The highest BCUT2D eigenvalue weighted by molar-refractivity contribution is 7.92. The Hall–Kier alpha value is -2.96. The predicted molar refractivity (Wildman–Crippen MR) is 193 cm³/mol. The number of sulfone groups is 1. The molecule has 4 rings (SSSR count). The van der Waals surface area contributed by atoms with Crippen LogP contribution in [0.15, 0.2) is 12.7 Å². The largest absolute Gasteiger partial charge is 0.346 e. The van der Waals surface area contributed by atoms with Crippen molar-refractivity contribution in [2.75, 3.05) is 18.8 Å². The van der Waals surface area contributed by atoms with Crippen LogP contribution in [-0.4, -0.2) is 90.1 Å². The maximum atomic E-state index is 14.5. The van der Waals surface area contributed by atoms with Crippen molar-refractivity contribution in [2.24, 2.45) is 28.6 Å². The van der Waals surface area contributed by atoms with Gasteiger partial charge in [-0.2, -0.15) is 0 Å². The Labute approximate surface area is 299 Å². The minimum atomic E-state index is -3.57. The fraction of sp³-hybridized carbons (Fsp3) is 0.811. The lowest BCUT2D eigenvalue weighted by Gasteiger charge is -2.41. The zero-order valence-corrected chi connectivity index (χ0v) is 32.3. The molecule has 1 saturated heterocycles. The van der Waals surface area contributed by atoms with Crippen molar-refractivity contribution < 1.29 is 32.4 Å². The third-order valence-electron chi connectivity index (χ3n) is 12.0. The first-order valence-electron chi connectivity index (χ1n) is 18.5. The molecule has 4 aliphatic rings. The standard InChI is InChI=1S/C37H61N5O7S/c1-10-19-38-31(45)28(43)25(20-23-15-16-23)39-30(44)27-26-24(36(26,8)9)21-42(27)32(46)29(34(3,4)5)40-33(47)41-37(17-13-12-14-18-37)22-50(48,49)35(6,7)11-2/h10,23-27,29H,1,11-22H2,2-9H3,(H,38,45)(H,39,44)(H2,40,41,47)/t24?,25?,26-,27?,29+/m0/s1. The summed E-state index contributed by atoms with van der Waals surface area (Å²) in [6.07, 6.45) is 7.67. The highest BCUT2D eigenvalue weighted by atomic mass is 32.2. The van der Waals surface area contributed by atoms with Gasteiger partial charge in [-0.15, -0.1) is 6.58 Å². The summed E-state index contributed by atoms with van der Waals surface area (Å²) in [5.74, 6) is -2.43. The lowest BCUT2D eigenvalue weighted by molar-refractivity contribution is -0.145. The summed E-state index contributed by atoms with van der Waals surface area (Å²) in [5.41, 5.74) is -1.92. The smallest absolute Gasteiger partial charge is 0.315 e. The Kier molecular flexibility index (Phi) is 11.6. The first kappa shape index (κ1) is 39.8. The number of ketones is 1. The molecule has 0 spiro atoms. The normalized spacial score (nSPS) is 25.4. The number of piperidine rings is 1. The summed E-state index contributed by atoms with van der Waals surface area (Å²) in [7, 11) is -3.57. The first-order valence-corrected chi connectivity index (χ1v) is 20.1. The van der Waals surface area contributed by atoms with E-state index in [1.54, 1.807) is 13.8 Å². The van der Waals surface area contributed by atoms with Crippen LogP contribution in [0, 0.1) is 28.6 Å². The Morgan fingerprint density at radius 1 is 0.980 bits per heavy atom. The number of likely N-dealkylation sites (tertiary alicyclic amines) is 1. The monoisotopic (exact) mass is 719 g/mol. The van der Waals surface area contributed by atoms with Crippen molar-refractivity contribution in [3.8, 4) is 0 Å². The average Bonchev–Trinajstić information content (AvgIpc) is 3.88. The highest BCUT2D eigenvalue weighted by Gasteiger charge is 2.70. The number of hydrogen-bond donors (Lipinski definition) is 4. The SMILES string of the molecule is C=CCNC(=O)C(=O)C(CC1CC1)NC(=O)C1[C@@H]2C(CN1C(=O)[C@@H](NC(=O)NC1(CS(=O)(=O)C(C)(C)CC)CCCCC1)C(C)(C)C)C2(C)C. The molecule has 282 valence electrons. The van der Waals surface area contributed by atoms with E-state index in [0.717, 1.165) is 32.1 Å².